The van der Waals surface area contributed by atoms with Gasteiger partial charge in [-0.3, -0.25) is 38.8 Å². The number of hydrogen-bond acceptors (Lipinski definition) is 12. The molecule has 0 saturated carbocycles. The number of unbranched alkanes of at least 4 members (excludes halogenated alkanes) is 1. The highest BCUT2D eigenvalue weighted by Crippen LogP contribution is 2.37. The van der Waals surface area contributed by atoms with E-state index in [-0.39, 0.29) is 80.1 Å². The van der Waals surface area contributed by atoms with E-state index in [1.807, 2.05) is 43.5 Å². The molecule has 3 aliphatic heterocycles. The van der Waals surface area contributed by atoms with Gasteiger partial charge in [-0.15, -0.1) is 17.5 Å². The van der Waals surface area contributed by atoms with E-state index in [1.165, 1.54) is 4.90 Å². The highest BCUT2D eigenvalue weighted by molar-refractivity contribution is 9.10. The molecule has 2 N–H and O–H groups in total. The molecule has 344 valence electrons. The van der Waals surface area contributed by atoms with Gasteiger partial charge in [0.15, 0.2) is 11.6 Å². The molecule has 17 nitrogen and oxygen atoms in total. The summed E-state index contributed by atoms with van der Waals surface area (Å²) in [5.74, 6) is 0.379. The maximum absolute atomic E-state index is 13.4. The average molecular weight is 982 g/mol. The average Bonchev–Trinajstić information content (AvgIpc) is 3.90. The number of fused-ring (bicyclic) bond motifs is 2. The number of amides is 5. The second kappa shape index (κ2) is 20.8. The second-order valence-corrected chi connectivity index (χ2v) is 17.3. The van der Waals surface area contributed by atoms with Crippen LogP contribution in [0.25, 0.3) is 0 Å². The molecule has 0 spiro atoms. The lowest BCUT2D eigenvalue weighted by atomic mass is 10.0. The smallest absolute Gasteiger partial charge is 0.255 e. The number of aryl methyl sites for hydroxylation is 2. The number of methoxy groups -OCH3 is 1. The third-order valence-corrected chi connectivity index (χ3v) is 12.7. The molecule has 0 bridgehead atoms. The molecule has 66 heavy (non-hydrogen) atoms. The summed E-state index contributed by atoms with van der Waals surface area (Å²) in [6.07, 6.45) is 6.99. The zero-order valence-corrected chi connectivity index (χ0v) is 39.2. The minimum Gasteiger partial charge on any atom is -0.496 e. The van der Waals surface area contributed by atoms with Crippen LogP contribution < -0.4 is 25.2 Å². The summed E-state index contributed by atoms with van der Waals surface area (Å²) in [6, 6.07) is 17.4. The number of imide groups is 1. The zero-order valence-electron chi connectivity index (χ0n) is 36.8. The van der Waals surface area contributed by atoms with Crippen molar-refractivity contribution in [2.24, 2.45) is 0 Å². The molecule has 1 fully saturated rings. The molecule has 0 radical (unpaired) electrons. The number of benzene rings is 3. The number of piperidine rings is 1. The molecular weight excluding hydrogens is 932 g/mol. The third kappa shape index (κ3) is 10.3. The Morgan fingerprint density at radius 2 is 1.82 bits per heavy atom. The number of rotatable bonds is 17. The summed E-state index contributed by atoms with van der Waals surface area (Å²) in [6.45, 7) is 3.21. The molecule has 8 rings (SSSR count). The van der Waals surface area contributed by atoms with Gasteiger partial charge < -0.3 is 24.8 Å². The lowest BCUT2D eigenvalue weighted by molar-refractivity contribution is -0.137. The van der Waals surface area contributed by atoms with Gasteiger partial charge in [0.2, 0.25) is 23.6 Å². The molecule has 1 saturated heterocycles. The van der Waals surface area contributed by atoms with Crippen molar-refractivity contribution in [1.29, 1.82) is 0 Å². The molecule has 0 aliphatic carbocycles. The summed E-state index contributed by atoms with van der Waals surface area (Å²) in [5, 5.41) is 13.7. The number of ketones is 1. The largest absolute Gasteiger partial charge is 0.496 e. The van der Waals surface area contributed by atoms with Crippen LogP contribution in [0.3, 0.4) is 0 Å². The van der Waals surface area contributed by atoms with Gasteiger partial charge in [0, 0.05) is 97.4 Å². The molecule has 5 amide bonds. The fraction of sp³-hybridized carbons (Fsp3) is 0.362. The van der Waals surface area contributed by atoms with Crippen molar-refractivity contribution < 1.29 is 33.5 Å². The van der Waals surface area contributed by atoms with E-state index < -0.39 is 11.9 Å². The Labute approximate surface area is 396 Å². The van der Waals surface area contributed by atoms with Crippen molar-refractivity contribution in [1.82, 2.24) is 35.2 Å². The molecular formula is C47H50BrClN10O7. The number of nitrogens with one attached hydrogen (secondary N) is 2. The van der Waals surface area contributed by atoms with Gasteiger partial charge in [-0.1, -0.05) is 58.4 Å². The first-order chi connectivity index (χ1) is 31.4. The molecule has 5 heterocycles. The molecule has 2 atom stereocenters. The number of aromatic nitrogens is 5. The van der Waals surface area contributed by atoms with E-state index in [0.717, 1.165) is 15.6 Å². The number of Topliss-reactive ketones (excluding diaryl/α,β-unsaturated/α-hetero) is 1. The van der Waals surface area contributed by atoms with E-state index in [1.54, 1.807) is 60.3 Å². The van der Waals surface area contributed by atoms with Crippen LogP contribution in [0.4, 0.5) is 17.2 Å². The first-order valence-electron chi connectivity index (χ1n) is 21.7. The Morgan fingerprint density at radius 3 is 2.58 bits per heavy atom. The lowest BCUT2D eigenvalue weighted by Crippen LogP contribution is -2.52. The van der Waals surface area contributed by atoms with Crippen molar-refractivity contribution in [3.63, 3.8) is 0 Å². The fourth-order valence-electron chi connectivity index (χ4n) is 8.58. The van der Waals surface area contributed by atoms with Gasteiger partial charge >= 0.3 is 0 Å². The second-order valence-electron chi connectivity index (χ2n) is 16.4. The number of anilines is 3. The predicted octanol–water partition coefficient (Wildman–Crippen LogP) is 6.00. The van der Waals surface area contributed by atoms with Crippen molar-refractivity contribution >= 4 is 80.8 Å². The highest BCUT2D eigenvalue weighted by Gasteiger charge is 2.40. The molecule has 3 aliphatic rings. The number of halogens is 2. The number of likely N-dealkylation sites (N-methyl/N-ethyl adjacent to an activating group) is 1. The molecule has 1 unspecified atom stereocenters. The predicted molar refractivity (Wildman–Crippen MR) is 251 cm³/mol. The van der Waals surface area contributed by atoms with E-state index in [4.69, 9.17) is 9.72 Å². The molecule has 5 aromatic rings. The van der Waals surface area contributed by atoms with Crippen molar-refractivity contribution in [2.75, 3.05) is 29.3 Å². The van der Waals surface area contributed by atoms with Crippen LogP contribution in [0.5, 0.6) is 5.75 Å². The van der Waals surface area contributed by atoms with Gasteiger partial charge in [-0.2, -0.15) is 0 Å². The quantitative estimate of drug-likeness (QED) is 0.0627. The summed E-state index contributed by atoms with van der Waals surface area (Å²) >= 11 is 3.50. The Morgan fingerprint density at radius 1 is 1.02 bits per heavy atom. The summed E-state index contributed by atoms with van der Waals surface area (Å²) < 4.78 is 8.43. The monoisotopic (exact) mass is 980 g/mol. The van der Waals surface area contributed by atoms with Crippen LogP contribution in [0.1, 0.15) is 101 Å². The van der Waals surface area contributed by atoms with Gasteiger partial charge in [0.05, 0.1) is 19.0 Å². The first kappa shape index (κ1) is 47.4. The summed E-state index contributed by atoms with van der Waals surface area (Å²) in [4.78, 5) is 91.7. The van der Waals surface area contributed by atoms with Gasteiger partial charge in [0.25, 0.3) is 5.91 Å². The summed E-state index contributed by atoms with van der Waals surface area (Å²) in [7, 11) is 3.32. The lowest BCUT2D eigenvalue weighted by Gasteiger charge is -2.40. The van der Waals surface area contributed by atoms with Crippen LogP contribution in [0.15, 0.2) is 77.5 Å². The van der Waals surface area contributed by atoms with E-state index >= 15 is 0 Å². The van der Waals surface area contributed by atoms with Crippen LogP contribution in [-0.2, 0) is 51.7 Å². The standard InChI is InChI=1S/C47H49BrN10O7.ClH/c1-4-36-47(64)55(2)38-24-49-41(51-44(38)57(36)25-28-11-15-31(48)16-12-28)23-30-14-13-29(22-40(30)65-3)39(59)19-17-32-26-56(54-53-32)21-6-5-10-42(60)50-35-9-7-8-33-34(35)27-58(46(33)63)37-18-20-43(61)52-45(37)62;/h7-9,11-16,22,24,26,36-37H,4-6,10,17-21,23,25,27H2,1-3H3,(H,50,60)(H,52,61,62);1H/t36-,37?;/m1./s1. The number of carbonyl (C=O) groups excluding carboxylic acids is 6. The van der Waals surface area contributed by atoms with Crippen LogP contribution in [-0.4, -0.2) is 91.4 Å². The minimum atomic E-state index is -0.736. The molecule has 3 aromatic carbocycles. The molecule has 2 aromatic heterocycles. The number of ether oxygens (including phenoxy) is 1. The number of nitrogens with zero attached hydrogens (tertiary/aromatic N) is 8. The SMILES string of the molecule is CC[C@@H]1C(=O)N(C)c2cnc(Cc3ccc(C(=O)CCc4cn(CCCCC(=O)Nc5cccc6c5CN(C5CCC(=O)NC5=O)C6=O)nn4)cc3OC)nc2N1Cc1ccc(Br)cc1.Cl. The Bertz CT molecular complexity index is 2680. The summed E-state index contributed by atoms with van der Waals surface area (Å²) in [5.41, 5.74) is 5.30. The highest BCUT2D eigenvalue weighted by atomic mass is 79.9. The molecule has 19 heteroatoms. The first-order valence-corrected chi connectivity index (χ1v) is 22.5. The zero-order chi connectivity index (χ0) is 45.8. The van der Waals surface area contributed by atoms with E-state index in [2.05, 4.69) is 46.8 Å². The van der Waals surface area contributed by atoms with Crippen LogP contribution in [0.2, 0.25) is 0 Å². The third-order valence-electron chi connectivity index (χ3n) is 12.1. The fourth-order valence-corrected chi connectivity index (χ4v) is 8.85. The maximum Gasteiger partial charge on any atom is 0.255 e. The van der Waals surface area contributed by atoms with E-state index in [0.29, 0.717) is 96.3 Å². The van der Waals surface area contributed by atoms with Crippen LogP contribution >= 0.6 is 28.3 Å². The van der Waals surface area contributed by atoms with Gasteiger partial charge in [-0.25, -0.2) is 9.97 Å². The number of hydrogen-bond donors (Lipinski definition) is 2. The Kier molecular flexibility index (Phi) is 14.9. The van der Waals surface area contributed by atoms with Gasteiger partial charge in [-0.05, 0) is 61.6 Å². The maximum atomic E-state index is 13.4. The van der Waals surface area contributed by atoms with E-state index in [9.17, 15) is 28.8 Å². The number of carbonyl (C=O) groups is 6. The van der Waals surface area contributed by atoms with Crippen molar-refractivity contribution in [2.45, 2.75) is 96.4 Å². The van der Waals surface area contributed by atoms with Crippen LogP contribution in [0, 0.1) is 0 Å². The van der Waals surface area contributed by atoms with Gasteiger partial charge in [0.1, 0.15) is 29.3 Å². The Hall–Kier alpha value is -6.53. The Balaban J connectivity index is 0.00000648. The normalized spacial score (nSPS) is 16.7. The van der Waals surface area contributed by atoms with Crippen molar-refractivity contribution in [3.05, 3.63) is 117 Å². The topological polar surface area (TPSA) is 202 Å². The van der Waals surface area contributed by atoms with Crippen molar-refractivity contribution in [3.8, 4) is 5.75 Å². The minimum absolute atomic E-state index is 0.